The first-order valence-electron chi connectivity index (χ1n) is 13.0. The summed E-state index contributed by atoms with van der Waals surface area (Å²) < 4.78 is 0. The quantitative estimate of drug-likeness (QED) is 0.179. The fraction of sp³-hybridized carbons (Fsp3) is 0.0857. The number of rotatable bonds is 9. The van der Waals surface area contributed by atoms with E-state index in [1.54, 1.807) is 0 Å². The van der Waals surface area contributed by atoms with E-state index >= 15 is 0 Å². The van der Waals surface area contributed by atoms with Gasteiger partial charge in [-0.15, -0.1) is 0 Å². The fourth-order valence-electron chi connectivity index (χ4n) is 4.77. The van der Waals surface area contributed by atoms with Gasteiger partial charge in [0.15, 0.2) is 0 Å². The lowest BCUT2D eigenvalue weighted by molar-refractivity contribution is 1.13. The molecule has 188 valence electrons. The van der Waals surface area contributed by atoms with E-state index in [1.807, 2.05) is 0 Å². The van der Waals surface area contributed by atoms with Crippen LogP contribution in [0.2, 0.25) is 0 Å². The Kier molecular flexibility index (Phi) is 8.50. The monoisotopic (exact) mass is 530 g/mol. The molecule has 0 bridgehead atoms. The van der Waals surface area contributed by atoms with E-state index in [0.29, 0.717) is 0 Å². The minimum atomic E-state index is -1.95. The van der Waals surface area contributed by atoms with Gasteiger partial charge in [-0.05, 0) is 66.6 Å². The molecule has 0 heterocycles. The standard InChI is InChI=1S/C35H34NP2/c1-36(2)31-25-23-30(24-26-31)27-28-38(34-19-11-5-12-20-34,35-21-13-6-14-22-35)29-37(32-15-7-3-8-16-32)33-17-9-4-10-18-33/h3-28H,29H2,1-2H3/q+1/b28-27+. The average Bonchev–Trinajstić information content (AvgIpc) is 2.99. The smallest absolute Gasteiger partial charge is 0.109 e. The molecule has 0 aliphatic rings. The van der Waals surface area contributed by atoms with Crippen LogP contribution in [0.25, 0.3) is 6.08 Å². The first-order chi connectivity index (χ1) is 18.7. The van der Waals surface area contributed by atoms with Gasteiger partial charge in [0.25, 0.3) is 0 Å². The van der Waals surface area contributed by atoms with Crippen LogP contribution in [0.3, 0.4) is 0 Å². The van der Waals surface area contributed by atoms with Crippen LogP contribution in [-0.4, -0.2) is 20.0 Å². The molecule has 0 spiro atoms. The van der Waals surface area contributed by atoms with Gasteiger partial charge in [0.1, 0.15) is 17.9 Å². The maximum Gasteiger partial charge on any atom is 0.109 e. The number of anilines is 1. The highest BCUT2D eigenvalue weighted by atomic mass is 31.2. The van der Waals surface area contributed by atoms with Crippen LogP contribution < -0.4 is 26.1 Å². The Bertz CT molecular complexity index is 1350. The minimum absolute atomic E-state index is 0.589. The van der Waals surface area contributed by atoms with Crippen LogP contribution in [0.5, 0.6) is 0 Å². The number of hydrogen-bond donors (Lipinski definition) is 0. The molecule has 0 aromatic heterocycles. The minimum Gasteiger partial charge on any atom is -0.378 e. The molecule has 5 aromatic rings. The Morgan fingerprint density at radius 3 is 1.39 bits per heavy atom. The van der Waals surface area contributed by atoms with Crippen molar-refractivity contribution in [2.45, 2.75) is 0 Å². The topological polar surface area (TPSA) is 3.24 Å². The summed E-state index contributed by atoms with van der Waals surface area (Å²) in [5.41, 5.74) is 2.45. The molecule has 0 N–H and O–H groups in total. The van der Waals surface area contributed by atoms with Crippen molar-refractivity contribution in [3.8, 4) is 0 Å². The number of benzene rings is 5. The van der Waals surface area contributed by atoms with Crippen molar-refractivity contribution in [3.63, 3.8) is 0 Å². The Labute approximate surface area is 229 Å². The molecule has 0 saturated carbocycles. The van der Waals surface area contributed by atoms with E-state index in [4.69, 9.17) is 0 Å². The second-order valence-corrected chi connectivity index (χ2v) is 15.7. The summed E-state index contributed by atoms with van der Waals surface area (Å²) in [5, 5.41) is 5.70. The third-order valence-corrected chi connectivity index (χ3v) is 14.7. The average molecular weight is 531 g/mol. The van der Waals surface area contributed by atoms with Gasteiger partial charge in [-0.2, -0.15) is 0 Å². The van der Waals surface area contributed by atoms with Crippen molar-refractivity contribution in [1.29, 1.82) is 0 Å². The van der Waals surface area contributed by atoms with Crippen LogP contribution in [0.1, 0.15) is 5.56 Å². The van der Waals surface area contributed by atoms with E-state index in [1.165, 1.54) is 32.5 Å². The third kappa shape index (κ3) is 5.97. The van der Waals surface area contributed by atoms with Crippen molar-refractivity contribution >= 4 is 48.2 Å². The van der Waals surface area contributed by atoms with Gasteiger partial charge >= 0.3 is 0 Å². The summed E-state index contributed by atoms with van der Waals surface area (Å²) in [5.74, 6) is 3.64. The lowest BCUT2D eigenvalue weighted by Gasteiger charge is -2.29. The predicted molar refractivity (Wildman–Crippen MR) is 173 cm³/mol. The highest BCUT2D eigenvalue weighted by Crippen LogP contribution is 2.65. The number of hydrogen-bond acceptors (Lipinski definition) is 1. The molecule has 5 rings (SSSR count). The Hall–Kier alpha value is -3.50. The van der Waals surface area contributed by atoms with Crippen LogP contribution in [0, 0.1) is 0 Å². The lowest BCUT2D eigenvalue weighted by atomic mass is 10.2. The highest BCUT2D eigenvalue weighted by Gasteiger charge is 2.43. The summed E-state index contributed by atoms with van der Waals surface area (Å²) in [4.78, 5) is 2.14. The van der Waals surface area contributed by atoms with Crippen molar-refractivity contribution in [2.24, 2.45) is 0 Å². The van der Waals surface area contributed by atoms with Crippen molar-refractivity contribution in [3.05, 3.63) is 157 Å². The molecule has 0 unspecified atom stereocenters. The van der Waals surface area contributed by atoms with Crippen molar-refractivity contribution in [2.75, 3.05) is 24.9 Å². The maximum atomic E-state index is 2.56. The van der Waals surface area contributed by atoms with Crippen molar-refractivity contribution in [1.82, 2.24) is 0 Å². The van der Waals surface area contributed by atoms with Crippen LogP contribution >= 0.6 is 15.2 Å². The van der Waals surface area contributed by atoms with Crippen LogP contribution in [0.15, 0.2) is 151 Å². The molecular weight excluding hydrogens is 496 g/mol. The molecule has 0 aliphatic carbocycles. The van der Waals surface area contributed by atoms with Gasteiger partial charge in [0.2, 0.25) is 0 Å². The Morgan fingerprint density at radius 2 is 0.974 bits per heavy atom. The molecule has 3 heteroatoms. The molecular formula is C35H34NP2+. The van der Waals surface area contributed by atoms with Gasteiger partial charge in [-0.3, -0.25) is 0 Å². The zero-order valence-electron chi connectivity index (χ0n) is 22.1. The first kappa shape index (κ1) is 26.1. The van der Waals surface area contributed by atoms with E-state index < -0.39 is 15.2 Å². The third-order valence-electron chi connectivity index (χ3n) is 6.87. The van der Waals surface area contributed by atoms with Gasteiger partial charge in [0, 0.05) is 19.8 Å². The molecule has 0 saturated heterocycles. The molecule has 0 amide bonds. The maximum absolute atomic E-state index is 2.56. The van der Waals surface area contributed by atoms with E-state index in [2.05, 4.69) is 176 Å². The summed E-state index contributed by atoms with van der Waals surface area (Å²) in [7, 11) is 1.63. The predicted octanol–water partition coefficient (Wildman–Crippen LogP) is 7.48. The molecule has 5 aromatic carbocycles. The van der Waals surface area contributed by atoms with Gasteiger partial charge in [-0.1, -0.05) is 109 Å². The lowest BCUT2D eigenvalue weighted by Crippen LogP contribution is -2.26. The van der Waals surface area contributed by atoms with Gasteiger partial charge in [-0.25, -0.2) is 0 Å². The largest absolute Gasteiger partial charge is 0.378 e. The second kappa shape index (κ2) is 12.4. The fourth-order valence-corrected chi connectivity index (χ4v) is 13.4. The molecule has 1 nitrogen and oxygen atoms in total. The van der Waals surface area contributed by atoms with E-state index in [9.17, 15) is 0 Å². The SMILES string of the molecule is CN(C)c1ccc(/C=C/[P+](CP(c2ccccc2)c2ccccc2)(c2ccccc2)c2ccccc2)cc1. The molecule has 38 heavy (non-hydrogen) atoms. The molecule has 0 aliphatic heterocycles. The number of nitrogens with zero attached hydrogens (tertiary/aromatic N) is 1. The Balaban J connectivity index is 1.69. The zero-order valence-corrected chi connectivity index (χ0v) is 23.8. The summed E-state index contributed by atoms with van der Waals surface area (Å²) in [6.07, 6.45) is 2.36. The Morgan fingerprint density at radius 1 is 0.553 bits per heavy atom. The second-order valence-electron chi connectivity index (χ2n) is 9.58. The zero-order chi connectivity index (χ0) is 26.2. The summed E-state index contributed by atoms with van der Waals surface area (Å²) >= 11 is 0. The summed E-state index contributed by atoms with van der Waals surface area (Å²) in [6.45, 7) is 0. The molecule has 0 radical (unpaired) electrons. The van der Waals surface area contributed by atoms with E-state index in [0.717, 1.165) is 5.90 Å². The van der Waals surface area contributed by atoms with Gasteiger partial charge < -0.3 is 4.90 Å². The van der Waals surface area contributed by atoms with Crippen molar-refractivity contribution < 1.29 is 0 Å². The van der Waals surface area contributed by atoms with Crippen LogP contribution in [-0.2, 0) is 0 Å². The van der Waals surface area contributed by atoms with Crippen LogP contribution in [0.4, 0.5) is 5.69 Å². The van der Waals surface area contributed by atoms with E-state index in [-0.39, 0.29) is 0 Å². The normalized spacial score (nSPS) is 11.7. The summed E-state index contributed by atoms with van der Waals surface area (Å²) in [6, 6.07) is 53.5. The molecule has 0 atom stereocenters. The highest BCUT2D eigenvalue weighted by molar-refractivity contribution is 8.00. The first-order valence-corrected chi connectivity index (χ1v) is 16.6. The molecule has 0 fully saturated rings. The van der Waals surface area contributed by atoms with Gasteiger partial charge in [0.05, 0.1) is 11.7 Å².